The number of rotatable bonds is 5. The molecule has 0 bridgehead atoms. The van der Waals surface area contributed by atoms with E-state index < -0.39 is 10.0 Å². The zero-order chi connectivity index (χ0) is 18.7. The molecule has 1 N–H and O–H groups in total. The summed E-state index contributed by atoms with van der Waals surface area (Å²) in [5.41, 5.74) is 1.86. The van der Waals surface area contributed by atoms with Gasteiger partial charge in [0, 0.05) is 12.2 Å². The number of amides is 1. The SMILES string of the molecule is Cc1ccc(N2CCCS2(=O)=O)cc1NC(=O)COc1ccc(F)cc1. The van der Waals surface area contributed by atoms with E-state index in [2.05, 4.69) is 5.32 Å². The lowest BCUT2D eigenvalue weighted by Gasteiger charge is -2.19. The lowest BCUT2D eigenvalue weighted by atomic mass is 10.1. The quantitative estimate of drug-likeness (QED) is 0.868. The average molecular weight is 378 g/mol. The molecule has 0 atom stereocenters. The first-order valence-electron chi connectivity index (χ1n) is 8.14. The molecule has 1 amide bonds. The molecule has 8 heteroatoms. The molecule has 1 aliphatic heterocycles. The normalized spacial score (nSPS) is 15.7. The highest BCUT2D eigenvalue weighted by Gasteiger charge is 2.28. The summed E-state index contributed by atoms with van der Waals surface area (Å²) in [7, 11) is -3.28. The molecule has 1 fully saturated rings. The van der Waals surface area contributed by atoms with Crippen molar-refractivity contribution in [1.82, 2.24) is 0 Å². The average Bonchev–Trinajstić information content (AvgIpc) is 2.95. The van der Waals surface area contributed by atoms with Crippen LogP contribution >= 0.6 is 0 Å². The Morgan fingerprint density at radius 1 is 1.23 bits per heavy atom. The van der Waals surface area contributed by atoms with Crippen molar-refractivity contribution in [1.29, 1.82) is 0 Å². The molecule has 1 aliphatic rings. The number of benzene rings is 2. The smallest absolute Gasteiger partial charge is 0.262 e. The molecule has 26 heavy (non-hydrogen) atoms. The van der Waals surface area contributed by atoms with Crippen LogP contribution in [-0.2, 0) is 14.8 Å². The zero-order valence-corrected chi connectivity index (χ0v) is 15.1. The summed E-state index contributed by atoms with van der Waals surface area (Å²) in [5, 5.41) is 2.72. The van der Waals surface area contributed by atoms with Crippen molar-refractivity contribution in [2.75, 3.05) is 28.5 Å². The monoisotopic (exact) mass is 378 g/mol. The fourth-order valence-corrected chi connectivity index (χ4v) is 4.25. The summed E-state index contributed by atoms with van der Waals surface area (Å²) in [6, 6.07) is 10.5. The number of halogens is 1. The summed E-state index contributed by atoms with van der Waals surface area (Å²) < 4.78 is 43.6. The van der Waals surface area contributed by atoms with E-state index >= 15 is 0 Å². The predicted octanol–water partition coefficient (Wildman–Crippen LogP) is 2.69. The summed E-state index contributed by atoms with van der Waals surface area (Å²) in [6.45, 7) is 2.02. The summed E-state index contributed by atoms with van der Waals surface area (Å²) >= 11 is 0. The van der Waals surface area contributed by atoms with Crippen molar-refractivity contribution in [2.24, 2.45) is 0 Å². The molecule has 138 valence electrons. The van der Waals surface area contributed by atoms with E-state index in [0.717, 1.165) is 5.56 Å². The number of carbonyl (C=O) groups excluding carboxylic acids is 1. The second-order valence-electron chi connectivity index (χ2n) is 6.03. The van der Waals surface area contributed by atoms with Crippen molar-refractivity contribution >= 4 is 27.3 Å². The minimum atomic E-state index is -3.28. The molecule has 2 aromatic rings. The Kier molecular flexibility index (Phi) is 5.13. The van der Waals surface area contributed by atoms with E-state index in [1.165, 1.54) is 28.6 Å². The van der Waals surface area contributed by atoms with Crippen molar-refractivity contribution in [3.8, 4) is 5.75 Å². The van der Waals surface area contributed by atoms with Crippen LogP contribution < -0.4 is 14.4 Å². The van der Waals surface area contributed by atoms with Gasteiger partial charge in [-0.2, -0.15) is 0 Å². The minimum absolute atomic E-state index is 0.133. The summed E-state index contributed by atoms with van der Waals surface area (Å²) in [6.07, 6.45) is 0.587. The molecule has 0 aromatic heterocycles. The molecular weight excluding hydrogens is 359 g/mol. The number of sulfonamides is 1. The van der Waals surface area contributed by atoms with E-state index in [-0.39, 0.29) is 24.1 Å². The minimum Gasteiger partial charge on any atom is -0.484 e. The van der Waals surface area contributed by atoms with Crippen LogP contribution in [0, 0.1) is 12.7 Å². The second-order valence-corrected chi connectivity index (χ2v) is 8.04. The van der Waals surface area contributed by atoms with Crippen molar-refractivity contribution in [3.05, 3.63) is 53.8 Å². The first-order valence-corrected chi connectivity index (χ1v) is 9.75. The van der Waals surface area contributed by atoms with Crippen LogP contribution in [0.4, 0.5) is 15.8 Å². The molecule has 0 unspecified atom stereocenters. The van der Waals surface area contributed by atoms with Crippen LogP contribution in [0.3, 0.4) is 0 Å². The van der Waals surface area contributed by atoms with Crippen LogP contribution in [0.5, 0.6) is 5.75 Å². The lowest BCUT2D eigenvalue weighted by Crippen LogP contribution is -2.25. The molecule has 0 saturated carbocycles. The number of nitrogens with zero attached hydrogens (tertiary/aromatic N) is 1. The standard InChI is InChI=1S/C18H19FN2O4S/c1-13-3-6-15(21-9-2-10-26(21,23)24)11-17(13)20-18(22)12-25-16-7-4-14(19)5-8-16/h3-8,11H,2,9-10,12H2,1H3,(H,20,22). The topological polar surface area (TPSA) is 75.7 Å². The predicted molar refractivity (Wildman–Crippen MR) is 97.5 cm³/mol. The van der Waals surface area contributed by atoms with E-state index in [9.17, 15) is 17.6 Å². The van der Waals surface area contributed by atoms with Crippen LogP contribution in [0.2, 0.25) is 0 Å². The largest absolute Gasteiger partial charge is 0.484 e. The van der Waals surface area contributed by atoms with Crippen LogP contribution in [0.25, 0.3) is 0 Å². The Labute approximate surface area is 151 Å². The first-order chi connectivity index (χ1) is 12.3. The summed E-state index contributed by atoms with van der Waals surface area (Å²) in [5.74, 6) is -0.256. The Morgan fingerprint density at radius 2 is 1.96 bits per heavy atom. The highest BCUT2D eigenvalue weighted by atomic mass is 32.2. The fraction of sp³-hybridized carbons (Fsp3) is 0.278. The zero-order valence-electron chi connectivity index (χ0n) is 14.2. The number of nitrogens with one attached hydrogen (secondary N) is 1. The van der Waals surface area contributed by atoms with Gasteiger partial charge in [0.25, 0.3) is 5.91 Å². The molecule has 2 aromatic carbocycles. The first kappa shape index (κ1) is 18.2. The van der Waals surface area contributed by atoms with Gasteiger partial charge >= 0.3 is 0 Å². The molecule has 0 aliphatic carbocycles. The third-order valence-electron chi connectivity index (χ3n) is 4.07. The molecule has 0 radical (unpaired) electrons. The maximum Gasteiger partial charge on any atom is 0.262 e. The molecular formula is C18H19FN2O4S. The highest BCUT2D eigenvalue weighted by Crippen LogP contribution is 2.28. The number of aryl methyl sites for hydroxylation is 1. The number of carbonyl (C=O) groups is 1. The number of hydrogen-bond acceptors (Lipinski definition) is 4. The van der Waals surface area contributed by atoms with E-state index in [0.29, 0.717) is 30.1 Å². The van der Waals surface area contributed by atoms with E-state index in [1.54, 1.807) is 18.2 Å². The van der Waals surface area contributed by atoms with Gasteiger partial charge in [-0.1, -0.05) is 6.07 Å². The van der Waals surface area contributed by atoms with Gasteiger partial charge in [0.1, 0.15) is 11.6 Å². The molecule has 0 spiro atoms. The van der Waals surface area contributed by atoms with E-state index in [1.807, 2.05) is 6.92 Å². The highest BCUT2D eigenvalue weighted by molar-refractivity contribution is 7.93. The Bertz CT molecular complexity index is 913. The van der Waals surface area contributed by atoms with Gasteiger partial charge in [0.15, 0.2) is 6.61 Å². The number of ether oxygens (including phenoxy) is 1. The third kappa shape index (κ3) is 4.13. The molecule has 1 saturated heterocycles. The second kappa shape index (κ2) is 7.33. The fourth-order valence-electron chi connectivity index (χ4n) is 2.70. The van der Waals surface area contributed by atoms with Gasteiger partial charge in [-0.05, 0) is 55.3 Å². The molecule has 1 heterocycles. The maximum absolute atomic E-state index is 12.9. The Morgan fingerprint density at radius 3 is 2.62 bits per heavy atom. The van der Waals surface area contributed by atoms with Gasteiger partial charge in [-0.15, -0.1) is 0 Å². The lowest BCUT2D eigenvalue weighted by molar-refractivity contribution is -0.118. The number of hydrogen-bond donors (Lipinski definition) is 1. The van der Waals surface area contributed by atoms with E-state index in [4.69, 9.17) is 4.74 Å². The summed E-state index contributed by atoms with van der Waals surface area (Å²) in [4.78, 5) is 12.1. The molecule has 6 nitrogen and oxygen atoms in total. The Hall–Kier alpha value is -2.61. The van der Waals surface area contributed by atoms with Gasteiger partial charge in [-0.25, -0.2) is 12.8 Å². The van der Waals surface area contributed by atoms with Crippen molar-refractivity contribution in [3.63, 3.8) is 0 Å². The van der Waals surface area contributed by atoms with Gasteiger partial charge in [-0.3, -0.25) is 9.10 Å². The van der Waals surface area contributed by atoms with Crippen molar-refractivity contribution in [2.45, 2.75) is 13.3 Å². The third-order valence-corrected chi connectivity index (χ3v) is 5.94. The van der Waals surface area contributed by atoms with Crippen LogP contribution in [0.1, 0.15) is 12.0 Å². The van der Waals surface area contributed by atoms with Gasteiger partial charge in [0.05, 0.1) is 11.4 Å². The number of anilines is 2. The van der Waals surface area contributed by atoms with Gasteiger partial charge < -0.3 is 10.1 Å². The Balaban J connectivity index is 1.68. The maximum atomic E-state index is 12.9. The van der Waals surface area contributed by atoms with Crippen LogP contribution in [-0.4, -0.2) is 33.2 Å². The van der Waals surface area contributed by atoms with Crippen LogP contribution in [0.15, 0.2) is 42.5 Å². The van der Waals surface area contributed by atoms with Gasteiger partial charge in [0.2, 0.25) is 10.0 Å². The molecule has 3 rings (SSSR count). The van der Waals surface area contributed by atoms with Crippen molar-refractivity contribution < 1.29 is 22.3 Å².